The molecule has 1 saturated carbocycles. The fourth-order valence-corrected chi connectivity index (χ4v) is 8.02. The topological polar surface area (TPSA) is 62.2 Å². The monoisotopic (exact) mass is 528 g/mol. The zero-order chi connectivity index (χ0) is 26.6. The highest BCUT2D eigenvalue weighted by Crippen LogP contribution is 2.57. The lowest BCUT2D eigenvalue weighted by Crippen LogP contribution is -2.71. The molecule has 2 aliphatic carbocycles. The molecule has 2 heterocycles. The van der Waals surface area contributed by atoms with E-state index in [1.807, 2.05) is 11.0 Å². The van der Waals surface area contributed by atoms with Crippen LogP contribution < -0.4 is 4.74 Å². The number of aliphatic hydroxyl groups is 1. The summed E-state index contributed by atoms with van der Waals surface area (Å²) in [4.78, 5) is 18.4. The Balaban J connectivity index is 1.39. The molecule has 6 nitrogen and oxygen atoms in total. The number of fused-ring (bicyclic) bond motifs is 1. The Kier molecular flexibility index (Phi) is 7.08. The largest absolute Gasteiger partial charge is 0.497 e. The molecule has 0 unspecified atom stereocenters. The first-order valence-electron chi connectivity index (χ1n) is 14.5. The molecule has 1 amide bonds. The molecule has 37 heavy (non-hydrogen) atoms. The minimum atomic E-state index is -1.80. The first kappa shape index (κ1) is 27.2. The van der Waals surface area contributed by atoms with Crippen LogP contribution >= 0.6 is 0 Å². The summed E-state index contributed by atoms with van der Waals surface area (Å²) in [6.07, 6.45) is 6.13. The number of carbonyl (C=O) groups is 1. The van der Waals surface area contributed by atoms with Crippen molar-refractivity contribution in [3.63, 3.8) is 0 Å². The van der Waals surface area contributed by atoms with Gasteiger partial charge in [0, 0.05) is 44.1 Å². The number of piperidine rings is 1. The highest BCUT2D eigenvalue weighted by molar-refractivity contribution is 6.74. The maximum atomic E-state index is 13.8. The van der Waals surface area contributed by atoms with Gasteiger partial charge in [-0.25, -0.2) is 0 Å². The van der Waals surface area contributed by atoms with Crippen LogP contribution in [0.4, 0.5) is 0 Å². The van der Waals surface area contributed by atoms with E-state index in [-0.39, 0.29) is 17.0 Å². The summed E-state index contributed by atoms with van der Waals surface area (Å²) in [5.74, 6) is 1.76. The van der Waals surface area contributed by atoms with Crippen molar-refractivity contribution in [1.82, 2.24) is 9.80 Å². The molecule has 2 aliphatic heterocycles. The number of rotatable bonds is 8. The van der Waals surface area contributed by atoms with Gasteiger partial charge in [-0.15, -0.1) is 0 Å². The summed E-state index contributed by atoms with van der Waals surface area (Å²) in [6, 6.07) is 6.39. The second-order valence-corrected chi connectivity index (χ2v) is 18.5. The van der Waals surface area contributed by atoms with Crippen LogP contribution in [0.25, 0.3) is 0 Å². The Bertz CT molecular complexity index is 1020. The van der Waals surface area contributed by atoms with Crippen molar-refractivity contribution in [3.8, 4) is 5.75 Å². The number of hydrogen-bond acceptors (Lipinski definition) is 5. The number of ether oxygens (including phenoxy) is 1. The fraction of sp³-hybridized carbons (Fsp3) is 0.767. The lowest BCUT2D eigenvalue weighted by molar-refractivity contribution is -0.153. The number of likely N-dealkylation sites (tertiary alicyclic amines) is 2. The maximum Gasteiger partial charge on any atom is 0.223 e. The molecular weight excluding hydrogens is 480 g/mol. The van der Waals surface area contributed by atoms with Crippen LogP contribution in [0, 0.1) is 5.92 Å². The second-order valence-electron chi connectivity index (χ2n) is 13.7. The van der Waals surface area contributed by atoms with Crippen molar-refractivity contribution >= 4 is 14.2 Å². The number of amides is 1. The number of benzene rings is 1. The van der Waals surface area contributed by atoms with Crippen LogP contribution in [-0.4, -0.2) is 80.7 Å². The van der Waals surface area contributed by atoms with Crippen molar-refractivity contribution in [1.29, 1.82) is 0 Å². The molecule has 5 rings (SSSR count). The molecule has 0 aromatic heterocycles. The van der Waals surface area contributed by atoms with Crippen molar-refractivity contribution in [2.75, 3.05) is 39.9 Å². The number of carbonyl (C=O) groups excluding carboxylic acids is 1. The van der Waals surface area contributed by atoms with Crippen molar-refractivity contribution in [3.05, 3.63) is 29.3 Å². The van der Waals surface area contributed by atoms with Gasteiger partial charge in [-0.05, 0) is 92.4 Å². The molecular formula is C30H48N2O4Si. The normalized spacial score (nSPS) is 30.5. The van der Waals surface area contributed by atoms with Crippen LogP contribution in [0.5, 0.6) is 5.75 Å². The summed E-state index contributed by atoms with van der Waals surface area (Å²) in [6.45, 7) is 15.4. The van der Waals surface area contributed by atoms with Gasteiger partial charge in [0.1, 0.15) is 5.75 Å². The third-order valence-electron chi connectivity index (χ3n) is 10.5. The smallest absolute Gasteiger partial charge is 0.223 e. The molecule has 1 aromatic carbocycles. The maximum absolute atomic E-state index is 13.8. The standard InChI is InChI=1S/C30H48N2O4Si/c1-28(2,3)37(5,6)36-17-7-14-31-16-13-30(34)26-18-23-10-11-24(35-4)19-25(23)29(30,20-27(31)33)12-15-32(26)21-22-8-9-22/h10-11,19,22,26,34H,7-9,12-18,20-21H2,1-6H3/t26-,29-,30-/m1/s1. The van der Waals surface area contributed by atoms with Gasteiger partial charge >= 0.3 is 0 Å². The summed E-state index contributed by atoms with van der Waals surface area (Å²) in [5, 5.41) is 12.9. The lowest BCUT2D eigenvalue weighted by atomic mass is 9.52. The molecule has 4 aliphatic rings. The van der Waals surface area contributed by atoms with E-state index in [4.69, 9.17) is 9.16 Å². The van der Waals surface area contributed by atoms with E-state index in [1.54, 1.807) is 7.11 Å². The predicted octanol–water partition coefficient (Wildman–Crippen LogP) is 4.74. The van der Waals surface area contributed by atoms with Gasteiger partial charge in [0.05, 0.1) is 12.7 Å². The molecule has 7 heteroatoms. The number of methoxy groups -OCH3 is 1. The van der Waals surface area contributed by atoms with E-state index in [2.05, 4.69) is 50.9 Å². The first-order valence-corrected chi connectivity index (χ1v) is 17.4. The zero-order valence-electron chi connectivity index (χ0n) is 23.9. The van der Waals surface area contributed by atoms with Gasteiger partial charge in [-0.2, -0.15) is 0 Å². The Hall–Kier alpha value is -1.41. The highest BCUT2D eigenvalue weighted by Gasteiger charge is 2.64. The summed E-state index contributed by atoms with van der Waals surface area (Å²) >= 11 is 0. The summed E-state index contributed by atoms with van der Waals surface area (Å²) in [7, 11) is -0.105. The highest BCUT2D eigenvalue weighted by atomic mass is 28.4. The zero-order valence-corrected chi connectivity index (χ0v) is 24.9. The summed E-state index contributed by atoms with van der Waals surface area (Å²) < 4.78 is 12.0. The van der Waals surface area contributed by atoms with E-state index in [0.29, 0.717) is 32.5 Å². The van der Waals surface area contributed by atoms with Crippen molar-refractivity contribution < 1.29 is 19.1 Å². The van der Waals surface area contributed by atoms with E-state index in [9.17, 15) is 9.90 Å². The molecule has 0 spiro atoms. The second kappa shape index (κ2) is 9.65. The lowest BCUT2D eigenvalue weighted by Gasteiger charge is -2.61. The fourth-order valence-electron chi connectivity index (χ4n) is 6.94. The van der Waals surface area contributed by atoms with Crippen molar-refractivity contribution in [2.45, 2.75) is 101 Å². The van der Waals surface area contributed by atoms with E-state index in [0.717, 1.165) is 49.6 Å². The number of hydrogen-bond donors (Lipinski definition) is 1. The first-order chi connectivity index (χ1) is 17.4. The van der Waals surface area contributed by atoms with Crippen LogP contribution in [0.2, 0.25) is 18.1 Å². The molecule has 0 radical (unpaired) electrons. The van der Waals surface area contributed by atoms with Crippen LogP contribution in [0.3, 0.4) is 0 Å². The summed E-state index contributed by atoms with van der Waals surface area (Å²) in [5.41, 5.74) is 0.957. The molecule has 1 N–H and O–H groups in total. The van der Waals surface area contributed by atoms with Gasteiger partial charge in [-0.3, -0.25) is 9.69 Å². The van der Waals surface area contributed by atoms with Gasteiger partial charge < -0.3 is 19.2 Å². The molecule has 2 saturated heterocycles. The molecule has 1 aromatic rings. The van der Waals surface area contributed by atoms with Crippen LogP contribution in [0.15, 0.2) is 18.2 Å². The average Bonchev–Trinajstić information content (AvgIpc) is 3.66. The van der Waals surface area contributed by atoms with E-state index >= 15 is 0 Å². The van der Waals surface area contributed by atoms with E-state index < -0.39 is 19.3 Å². The third-order valence-corrected chi connectivity index (χ3v) is 15.0. The van der Waals surface area contributed by atoms with E-state index in [1.165, 1.54) is 18.4 Å². The Labute approximate surface area is 224 Å². The number of nitrogens with zero attached hydrogens (tertiary/aromatic N) is 2. The Morgan fingerprint density at radius 1 is 1.16 bits per heavy atom. The Morgan fingerprint density at radius 3 is 2.59 bits per heavy atom. The minimum absolute atomic E-state index is 0.0670. The average molecular weight is 529 g/mol. The predicted molar refractivity (Wildman–Crippen MR) is 150 cm³/mol. The van der Waals surface area contributed by atoms with Gasteiger partial charge in [0.25, 0.3) is 0 Å². The molecule has 2 bridgehead atoms. The van der Waals surface area contributed by atoms with Crippen LogP contribution in [-0.2, 0) is 21.1 Å². The van der Waals surface area contributed by atoms with Gasteiger partial charge in [0.2, 0.25) is 5.91 Å². The molecule has 206 valence electrons. The van der Waals surface area contributed by atoms with Crippen molar-refractivity contribution in [2.24, 2.45) is 5.92 Å². The molecule has 3 fully saturated rings. The Morgan fingerprint density at radius 2 is 1.92 bits per heavy atom. The van der Waals surface area contributed by atoms with Crippen LogP contribution in [0.1, 0.15) is 70.4 Å². The van der Waals surface area contributed by atoms with Gasteiger partial charge in [-0.1, -0.05) is 26.8 Å². The minimum Gasteiger partial charge on any atom is -0.497 e. The molecule has 3 atom stereocenters. The van der Waals surface area contributed by atoms with Gasteiger partial charge in [0.15, 0.2) is 8.32 Å². The quantitative estimate of drug-likeness (QED) is 0.390. The SMILES string of the molecule is COc1ccc2c(c1)[C@]13CCN(CC4CC4)[C@H](C2)[C@]1(O)CCN(CCCO[Si](C)(C)C(C)(C)C)C(=O)C3. The third kappa shape index (κ3) is 4.79.